The van der Waals surface area contributed by atoms with E-state index in [1.807, 2.05) is 13.0 Å². The summed E-state index contributed by atoms with van der Waals surface area (Å²) in [5.41, 5.74) is 0. The Bertz CT molecular complexity index is 171. The average Bonchev–Trinajstić information content (AvgIpc) is 2.16. The monoisotopic (exact) mass is 242 g/mol. The zero-order chi connectivity index (χ0) is 9.78. The topological polar surface area (TPSA) is 0 Å². The molecule has 0 heterocycles. The van der Waals surface area contributed by atoms with Gasteiger partial charge >= 0.3 is 0 Å². The molecule has 0 amide bonds. The summed E-state index contributed by atoms with van der Waals surface area (Å²) in [5, 5.41) is 1.14. The lowest BCUT2D eigenvalue weighted by Gasteiger charge is -1.93. The summed E-state index contributed by atoms with van der Waals surface area (Å²) >= 11 is 3.43. The molecular weight excluding hydrogens is 224 g/mol. The van der Waals surface area contributed by atoms with E-state index >= 15 is 0 Å². The maximum absolute atomic E-state index is 3.43. The lowest BCUT2D eigenvalue weighted by molar-refractivity contribution is 0.685. The Morgan fingerprint density at radius 1 is 1.08 bits per heavy atom. The van der Waals surface area contributed by atoms with E-state index in [1.54, 1.807) is 0 Å². The van der Waals surface area contributed by atoms with Crippen molar-refractivity contribution in [2.45, 2.75) is 45.4 Å². The van der Waals surface area contributed by atoms with Gasteiger partial charge in [-0.25, -0.2) is 0 Å². The van der Waals surface area contributed by atoms with E-state index in [2.05, 4.69) is 33.8 Å². The van der Waals surface area contributed by atoms with Crippen molar-refractivity contribution in [3.05, 3.63) is 12.2 Å². The van der Waals surface area contributed by atoms with Gasteiger partial charge in [0.1, 0.15) is 0 Å². The third-order valence-corrected chi connectivity index (χ3v) is 2.33. The first-order chi connectivity index (χ1) is 6.41. The van der Waals surface area contributed by atoms with Gasteiger partial charge < -0.3 is 0 Å². The molecule has 0 N–H and O–H groups in total. The molecule has 0 aromatic heterocycles. The summed E-state index contributed by atoms with van der Waals surface area (Å²) < 4.78 is 0. The molecule has 0 saturated carbocycles. The zero-order valence-electron chi connectivity index (χ0n) is 8.48. The van der Waals surface area contributed by atoms with Gasteiger partial charge in [-0.05, 0) is 19.8 Å². The fourth-order valence-electron chi connectivity index (χ4n) is 0.999. The molecule has 0 rings (SSSR count). The quantitative estimate of drug-likeness (QED) is 0.282. The maximum atomic E-state index is 3.43. The number of hydrogen-bond donors (Lipinski definition) is 0. The van der Waals surface area contributed by atoms with E-state index in [4.69, 9.17) is 0 Å². The Morgan fingerprint density at radius 3 is 2.54 bits per heavy atom. The summed E-state index contributed by atoms with van der Waals surface area (Å²) in [4.78, 5) is 0. The highest BCUT2D eigenvalue weighted by Gasteiger charge is 1.85. The SMILES string of the molecule is C/C=C/CC#CCCCCCCBr. The van der Waals surface area contributed by atoms with Crippen LogP contribution in [-0.2, 0) is 0 Å². The maximum Gasteiger partial charge on any atom is 0.0269 e. The minimum absolute atomic E-state index is 0.915. The number of unbranched alkanes of at least 4 members (excludes halogenated alkanes) is 4. The van der Waals surface area contributed by atoms with Crippen LogP contribution in [0.1, 0.15) is 45.4 Å². The van der Waals surface area contributed by atoms with Gasteiger partial charge in [0.25, 0.3) is 0 Å². The first-order valence-corrected chi connectivity index (χ1v) is 6.16. The van der Waals surface area contributed by atoms with Crippen LogP contribution in [0.3, 0.4) is 0 Å². The minimum Gasteiger partial charge on any atom is -0.103 e. The Labute approximate surface area is 90.9 Å². The number of halogens is 1. The van der Waals surface area contributed by atoms with Gasteiger partial charge in [-0.3, -0.25) is 0 Å². The van der Waals surface area contributed by atoms with Gasteiger partial charge in [0.15, 0.2) is 0 Å². The molecule has 0 saturated heterocycles. The van der Waals surface area contributed by atoms with Gasteiger partial charge in [0.05, 0.1) is 0 Å². The van der Waals surface area contributed by atoms with Crippen molar-refractivity contribution >= 4 is 15.9 Å². The van der Waals surface area contributed by atoms with E-state index < -0.39 is 0 Å². The highest BCUT2D eigenvalue weighted by molar-refractivity contribution is 9.09. The summed E-state index contributed by atoms with van der Waals surface area (Å²) in [6.07, 6.45) is 11.3. The zero-order valence-corrected chi connectivity index (χ0v) is 10.1. The molecule has 0 spiro atoms. The van der Waals surface area contributed by atoms with Crippen LogP contribution in [0.5, 0.6) is 0 Å². The van der Waals surface area contributed by atoms with Crippen LogP contribution in [0.2, 0.25) is 0 Å². The molecular formula is C12H19Br. The Hall–Kier alpha value is -0.220. The molecule has 0 aliphatic carbocycles. The third-order valence-electron chi connectivity index (χ3n) is 1.77. The Kier molecular flexibility index (Phi) is 11.6. The van der Waals surface area contributed by atoms with Gasteiger partial charge in [-0.15, -0.1) is 5.92 Å². The Morgan fingerprint density at radius 2 is 1.85 bits per heavy atom. The molecule has 0 nitrogen and oxygen atoms in total. The van der Waals surface area contributed by atoms with Crippen LogP contribution in [0, 0.1) is 11.8 Å². The lowest BCUT2D eigenvalue weighted by Crippen LogP contribution is -1.77. The van der Waals surface area contributed by atoms with E-state index in [0.717, 1.165) is 18.2 Å². The fraction of sp³-hybridized carbons (Fsp3) is 0.667. The second kappa shape index (κ2) is 11.8. The summed E-state index contributed by atoms with van der Waals surface area (Å²) in [6.45, 7) is 2.03. The van der Waals surface area contributed by atoms with E-state index in [1.165, 1.54) is 25.7 Å². The van der Waals surface area contributed by atoms with E-state index in [0.29, 0.717) is 0 Å². The van der Waals surface area contributed by atoms with Crippen LogP contribution >= 0.6 is 15.9 Å². The molecule has 0 aliphatic rings. The van der Waals surface area contributed by atoms with Gasteiger partial charge in [0.2, 0.25) is 0 Å². The molecule has 0 aliphatic heterocycles. The first-order valence-electron chi connectivity index (χ1n) is 5.04. The van der Waals surface area contributed by atoms with Gasteiger partial charge in [0, 0.05) is 18.2 Å². The molecule has 0 aromatic rings. The predicted molar refractivity (Wildman–Crippen MR) is 64.1 cm³/mol. The molecule has 0 fully saturated rings. The van der Waals surface area contributed by atoms with Crippen molar-refractivity contribution in [1.29, 1.82) is 0 Å². The molecule has 13 heavy (non-hydrogen) atoms. The predicted octanol–water partition coefficient (Wildman–Crippen LogP) is 4.30. The number of alkyl halides is 1. The van der Waals surface area contributed by atoms with Crippen molar-refractivity contribution < 1.29 is 0 Å². The minimum atomic E-state index is 0.915. The summed E-state index contributed by atoms with van der Waals surface area (Å²) in [7, 11) is 0. The van der Waals surface area contributed by atoms with Crippen LogP contribution in [0.15, 0.2) is 12.2 Å². The van der Waals surface area contributed by atoms with E-state index in [9.17, 15) is 0 Å². The fourth-order valence-corrected chi connectivity index (χ4v) is 1.40. The molecule has 74 valence electrons. The van der Waals surface area contributed by atoms with Crippen molar-refractivity contribution in [3.63, 3.8) is 0 Å². The number of rotatable bonds is 6. The normalized spacial score (nSPS) is 10.0. The second-order valence-electron chi connectivity index (χ2n) is 2.98. The molecule has 0 aromatic carbocycles. The van der Waals surface area contributed by atoms with Crippen LogP contribution in [0.25, 0.3) is 0 Å². The van der Waals surface area contributed by atoms with Crippen LogP contribution in [-0.4, -0.2) is 5.33 Å². The van der Waals surface area contributed by atoms with Crippen molar-refractivity contribution in [2.75, 3.05) is 5.33 Å². The van der Waals surface area contributed by atoms with Crippen molar-refractivity contribution in [2.24, 2.45) is 0 Å². The number of hydrogen-bond acceptors (Lipinski definition) is 0. The molecule has 0 atom stereocenters. The van der Waals surface area contributed by atoms with Crippen molar-refractivity contribution in [3.8, 4) is 11.8 Å². The van der Waals surface area contributed by atoms with Crippen LogP contribution < -0.4 is 0 Å². The largest absolute Gasteiger partial charge is 0.103 e. The average molecular weight is 243 g/mol. The van der Waals surface area contributed by atoms with E-state index in [-0.39, 0.29) is 0 Å². The van der Waals surface area contributed by atoms with Gasteiger partial charge in [-0.2, -0.15) is 0 Å². The highest BCUT2D eigenvalue weighted by Crippen LogP contribution is 2.03. The molecule has 0 unspecified atom stereocenters. The first kappa shape index (κ1) is 12.8. The highest BCUT2D eigenvalue weighted by atomic mass is 79.9. The Balaban J connectivity index is 3.08. The van der Waals surface area contributed by atoms with Crippen molar-refractivity contribution in [1.82, 2.24) is 0 Å². The standard InChI is InChI=1S/C12H19Br/c1-2-3-4-5-6-7-8-9-10-11-12-13/h2-3H,4,7-12H2,1H3/b3-2+. The molecule has 0 bridgehead atoms. The third kappa shape index (κ3) is 11.8. The number of allylic oxidation sites excluding steroid dienone is 2. The summed E-state index contributed by atoms with van der Waals surface area (Å²) in [5.74, 6) is 6.32. The summed E-state index contributed by atoms with van der Waals surface area (Å²) in [6, 6.07) is 0. The lowest BCUT2D eigenvalue weighted by atomic mass is 10.1. The second-order valence-corrected chi connectivity index (χ2v) is 3.77. The molecule has 0 radical (unpaired) electrons. The smallest absolute Gasteiger partial charge is 0.0269 e. The molecule has 1 heteroatoms. The van der Waals surface area contributed by atoms with Gasteiger partial charge in [-0.1, -0.05) is 46.8 Å². The van der Waals surface area contributed by atoms with Crippen LogP contribution in [0.4, 0.5) is 0 Å².